The molecule has 28 heavy (non-hydrogen) atoms. The molecule has 1 fully saturated rings. The zero-order chi connectivity index (χ0) is 19.7. The molecule has 2 unspecified atom stereocenters. The van der Waals surface area contributed by atoms with Gasteiger partial charge in [0.15, 0.2) is 5.82 Å². The van der Waals surface area contributed by atoms with Crippen molar-refractivity contribution in [2.45, 2.75) is 32.0 Å². The standard InChI is InChI=1S/C19H23N5O3S/c1-13-8-9-16(27-13)12-24-11-15(23-28(2,25)26)10-17(24)19-20-18(21-22-19)14-6-4-3-5-7-14/h3-9,15,17,23H,10-12H2,1-2H3,(H,20,21,22). The molecule has 148 valence electrons. The maximum Gasteiger partial charge on any atom is 0.208 e. The van der Waals surface area contributed by atoms with E-state index >= 15 is 0 Å². The van der Waals surface area contributed by atoms with E-state index in [9.17, 15) is 8.42 Å². The molecule has 0 saturated carbocycles. The highest BCUT2D eigenvalue weighted by molar-refractivity contribution is 7.88. The molecule has 0 amide bonds. The van der Waals surface area contributed by atoms with Crippen LogP contribution in [0.2, 0.25) is 0 Å². The quantitative estimate of drug-likeness (QED) is 0.656. The topological polar surface area (TPSA) is 104 Å². The number of benzene rings is 1. The van der Waals surface area contributed by atoms with Crippen molar-refractivity contribution >= 4 is 10.0 Å². The zero-order valence-corrected chi connectivity index (χ0v) is 16.6. The van der Waals surface area contributed by atoms with Crippen molar-refractivity contribution in [2.75, 3.05) is 12.8 Å². The number of aryl methyl sites for hydroxylation is 1. The number of aromatic nitrogens is 3. The Balaban J connectivity index is 1.59. The van der Waals surface area contributed by atoms with Gasteiger partial charge < -0.3 is 4.42 Å². The van der Waals surface area contributed by atoms with Gasteiger partial charge in [-0.2, -0.15) is 5.10 Å². The van der Waals surface area contributed by atoms with Crippen LogP contribution in [0.3, 0.4) is 0 Å². The number of nitrogens with zero attached hydrogens (tertiary/aromatic N) is 3. The van der Waals surface area contributed by atoms with Gasteiger partial charge in [0.2, 0.25) is 10.0 Å². The van der Waals surface area contributed by atoms with E-state index in [1.165, 1.54) is 6.26 Å². The van der Waals surface area contributed by atoms with E-state index in [1.807, 2.05) is 49.4 Å². The van der Waals surface area contributed by atoms with Crippen LogP contribution in [-0.2, 0) is 16.6 Å². The number of likely N-dealkylation sites (tertiary alicyclic amines) is 1. The Hall–Kier alpha value is -2.49. The van der Waals surface area contributed by atoms with E-state index in [1.54, 1.807) is 0 Å². The molecule has 2 aromatic heterocycles. The van der Waals surface area contributed by atoms with Gasteiger partial charge in [0.1, 0.15) is 17.3 Å². The first kappa shape index (κ1) is 18.9. The van der Waals surface area contributed by atoms with Crippen LogP contribution in [0.4, 0.5) is 0 Å². The Kier molecular flexibility index (Phi) is 5.05. The minimum Gasteiger partial charge on any atom is -0.465 e. The van der Waals surface area contributed by atoms with Crippen LogP contribution in [0.25, 0.3) is 11.4 Å². The number of furan rings is 1. The predicted octanol–water partition coefficient (Wildman–Crippen LogP) is 2.24. The molecule has 0 bridgehead atoms. The van der Waals surface area contributed by atoms with E-state index in [4.69, 9.17) is 4.42 Å². The monoisotopic (exact) mass is 401 g/mol. The van der Waals surface area contributed by atoms with Crippen molar-refractivity contribution in [3.05, 3.63) is 59.8 Å². The molecule has 1 aliphatic heterocycles. The van der Waals surface area contributed by atoms with Crippen molar-refractivity contribution in [2.24, 2.45) is 0 Å². The molecule has 3 aromatic rings. The summed E-state index contributed by atoms with van der Waals surface area (Å²) in [6, 6.07) is 13.3. The lowest BCUT2D eigenvalue weighted by Gasteiger charge is -2.21. The molecule has 0 aliphatic carbocycles. The molecule has 8 nitrogen and oxygen atoms in total. The van der Waals surface area contributed by atoms with Gasteiger partial charge in [0.25, 0.3) is 0 Å². The van der Waals surface area contributed by atoms with Gasteiger partial charge in [-0.15, -0.1) is 0 Å². The molecule has 2 atom stereocenters. The van der Waals surface area contributed by atoms with Crippen LogP contribution in [-0.4, -0.2) is 47.3 Å². The van der Waals surface area contributed by atoms with Crippen molar-refractivity contribution < 1.29 is 12.8 Å². The van der Waals surface area contributed by atoms with Gasteiger partial charge in [-0.3, -0.25) is 10.00 Å². The fourth-order valence-corrected chi connectivity index (χ4v) is 4.44. The van der Waals surface area contributed by atoms with E-state index in [-0.39, 0.29) is 12.1 Å². The molecule has 2 N–H and O–H groups in total. The minimum absolute atomic E-state index is 0.0883. The average molecular weight is 401 g/mol. The second-order valence-corrected chi connectivity index (χ2v) is 8.97. The van der Waals surface area contributed by atoms with Crippen LogP contribution in [0.15, 0.2) is 46.9 Å². The van der Waals surface area contributed by atoms with Crippen molar-refractivity contribution in [1.29, 1.82) is 0 Å². The summed E-state index contributed by atoms with van der Waals surface area (Å²) in [4.78, 5) is 6.84. The summed E-state index contributed by atoms with van der Waals surface area (Å²) in [5.74, 6) is 3.04. The van der Waals surface area contributed by atoms with Crippen LogP contribution in [0, 0.1) is 6.92 Å². The van der Waals surface area contributed by atoms with Crippen molar-refractivity contribution in [3.8, 4) is 11.4 Å². The zero-order valence-electron chi connectivity index (χ0n) is 15.8. The number of hydrogen-bond acceptors (Lipinski definition) is 6. The lowest BCUT2D eigenvalue weighted by molar-refractivity contribution is 0.218. The molecule has 0 spiro atoms. The lowest BCUT2D eigenvalue weighted by atomic mass is 10.1. The molecule has 9 heteroatoms. The second-order valence-electron chi connectivity index (χ2n) is 7.19. The van der Waals surface area contributed by atoms with E-state index in [2.05, 4.69) is 24.8 Å². The highest BCUT2D eigenvalue weighted by Gasteiger charge is 2.37. The van der Waals surface area contributed by atoms with Crippen LogP contribution in [0.5, 0.6) is 0 Å². The summed E-state index contributed by atoms with van der Waals surface area (Å²) in [6.45, 7) is 3.04. The average Bonchev–Trinajstić information content (AvgIpc) is 3.35. The Bertz CT molecular complexity index is 1040. The van der Waals surface area contributed by atoms with E-state index < -0.39 is 10.0 Å². The lowest BCUT2D eigenvalue weighted by Crippen LogP contribution is -2.36. The number of rotatable bonds is 6. The minimum atomic E-state index is -3.29. The summed E-state index contributed by atoms with van der Waals surface area (Å²) < 4.78 is 31.8. The number of nitrogens with one attached hydrogen (secondary N) is 2. The van der Waals surface area contributed by atoms with Gasteiger partial charge in [-0.05, 0) is 25.5 Å². The Morgan fingerprint density at radius 1 is 1.25 bits per heavy atom. The Labute approximate surface area is 164 Å². The van der Waals surface area contributed by atoms with Crippen LogP contribution >= 0.6 is 0 Å². The maximum absolute atomic E-state index is 11.7. The largest absolute Gasteiger partial charge is 0.465 e. The molecule has 1 saturated heterocycles. The summed E-state index contributed by atoms with van der Waals surface area (Å²) in [7, 11) is -3.29. The second kappa shape index (κ2) is 7.50. The van der Waals surface area contributed by atoms with Gasteiger partial charge in [0.05, 0.1) is 18.8 Å². The third kappa shape index (κ3) is 4.32. The van der Waals surface area contributed by atoms with Gasteiger partial charge >= 0.3 is 0 Å². The summed E-state index contributed by atoms with van der Waals surface area (Å²) in [5.41, 5.74) is 0.932. The third-order valence-electron chi connectivity index (χ3n) is 4.79. The Morgan fingerprint density at radius 2 is 2.04 bits per heavy atom. The maximum atomic E-state index is 11.7. The predicted molar refractivity (Wildman–Crippen MR) is 105 cm³/mol. The van der Waals surface area contributed by atoms with E-state index in [0.29, 0.717) is 25.3 Å². The SMILES string of the molecule is Cc1ccc(CN2CC(NS(C)(=O)=O)CC2c2nc(-c3ccccc3)n[nH]2)o1. The number of H-pyrrole nitrogens is 1. The van der Waals surface area contributed by atoms with Crippen molar-refractivity contribution in [3.63, 3.8) is 0 Å². The van der Waals surface area contributed by atoms with Crippen molar-refractivity contribution in [1.82, 2.24) is 24.8 Å². The molecular weight excluding hydrogens is 378 g/mol. The summed E-state index contributed by atoms with van der Waals surface area (Å²) >= 11 is 0. The molecule has 1 aliphatic rings. The molecule has 4 rings (SSSR count). The third-order valence-corrected chi connectivity index (χ3v) is 5.55. The number of aromatic amines is 1. The smallest absolute Gasteiger partial charge is 0.208 e. The fourth-order valence-electron chi connectivity index (χ4n) is 3.66. The van der Waals surface area contributed by atoms with Gasteiger partial charge in [0, 0.05) is 18.2 Å². The fraction of sp³-hybridized carbons (Fsp3) is 0.368. The molecular formula is C19H23N5O3S. The molecule has 3 heterocycles. The van der Waals surface area contributed by atoms with Crippen LogP contribution < -0.4 is 4.72 Å². The van der Waals surface area contributed by atoms with Gasteiger partial charge in [-0.25, -0.2) is 18.1 Å². The first-order valence-electron chi connectivity index (χ1n) is 9.12. The summed E-state index contributed by atoms with van der Waals surface area (Å²) in [6.07, 6.45) is 1.79. The molecule has 1 aromatic carbocycles. The highest BCUT2D eigenvalue weighted by atomic mass is 32.2. The molecule has 0 radical (unpaired) electrons. The summed E-state index contributed by atoms with van der Waals surface area (Å²) in [5, 5.41) is 7.39. The van der Waals surface area contributed by atoms with Crippen LogP contribution in [0.1, 0.15) is 29.8 Å². The van der Waals surface area contributed by atoms with Gasteiger partial charge in [-0.1, -0.05) is 30.3 Å². The Morgan fingerprint density at radius 3 is 2.71 bits per heavy atom. The van der Waals surface area contributed by atoms with E-state index in [0.717, 1.165) is 22.9 Å². The number of hydrogen-bond donors (Lipinski definition) is 2. The first-order chi connectivity index (χ1) is 13.4. The normalized spacial score (nSPS) is 20.6. The highest BCUT2D eigenvalue weighted by Crippen LogP contribution is 2.33. The first-order valence-corrected chi connectivity index (χ1v) is 11.0. The number of sulfonamides is 1.